The lowest BCUT2D eigenvalue weighted by Crippen LogP contribution is -2.46. The van der Waals surface area contributed by atoms with Gasteiger partial charge in [0.15, 0.2) is 0 Å². The summed E-state index contributed by atoms with van der Waals surface area (Å²) >= 11 is 3.87. The number of hydrogen-bond donors (Lipinski definition) is 1. The molecular formula is C53H42N2S2. The smallest absolute Gasteiger partial charge is 0.126 e. The molecule has 3 heterocycles. The van der Waals surface area contributed by atoms with E-state index in [1.54, 1.807) is 5.57 Å². The van der Waals surface area contributed by atoms with E-state index in [-0.39, 0.29) is 18.1 Å². The van der Waals surface area contributed by atoms with E-state index in [4.69, 9.17) is 4.99 Å². The van der Waals surface area contributed by atoms with Crippen LogP contribution in [0, 0.1) is 11.8 Å². The summed E-state index contributed by atoms with van der Waals surface area (Å²) in [6, 6.07) is 55.5. The van der Waals surface area contributed by atoms with Crippen LogP contribution in [0.4, 0.5) is 0 Å². The number of benzene rings is 6. The van der Waals surface area contributed by atoms with Crippen molar-refractivity contribution in [3.8, 4) is 11.1 Å². The zero-order valence-electron chi connectivity index (χ0n) is 31.9. The zero-order chi connectivity index (χ0) is 37.9. The number of thiophene rings is 2. The van der Waals surface area contributed by atoms with Gasteiger partial charge in [0.05, 0.1) is 0 Å². The molecule has 276 valence electrons. The molecule has 11 rings (SSSR count). The fourth-order valence-electron chi connectivity index (χ4n) is 9.42. The third-order valence-electron chi connectivity index (χ3n) is 12.4. The van der Waals surface area contributed by atoms with Crippen LogP contribution in [0.3, 0.4) is 0 Å². The van der Waals surface area contributed by atoms with Crippen LogP contribution in [0.1, 0.15) is 53.1 Å². The number of rotatable bonds is 6. The van der Waals surface area contributed by atoms with Gasteiger partial charge in [-0.2, -0.15) is 0 Å². The normalized spacial score (nSPS) is 20.9. The summed E-state index contributed by atoms with van der Waals surface area (Å²) in [5.74, 6) is 0.462. The average molecular weight is 771 g/mol. The lowest BCUT2D eigenvalue weighted by molar-refractivity contribution is 0.410. The standard InChI is InChI=1S/C53H42N2S2/c1-33-51(36-14-6-3-7-15-36)54-53(37-22-20-35(21-23-37)34-12-4-2-5-13-34)55-52(33)42-29-40(38-24-26-49-45(31-38)43-16-8-10-18-47(43)56-49)28-41(30-42)39-25-27-50-46(32-39)44-17-9-11-19-48(44)57-50/h2-24,26,29-33,41,52-53,55H,25,27-28H2,1H3/t33?,41?,52-,53?/m1/s1. The molecule has 3 unspecified atom stereocenters. The molecule has 2 aliphatic carbocycles. The minimum absolute atomic E-state index is 0.0711. The van der Waals surface area contributed by atoms with E-state index >= 15 is 0 Å². The van der Waals surface area contributed by atoms with Gasteiger partial charge < -0.3 is 0 Å². The molecule has 4 atom stereocenters. The van der Waals surface area contributed by atoms with Gasteiger partial charge >= 0.3 is 0 Å². The fourth-order valence-corrected chi connectivity index (χ4v) is 11.7. The van der Waals surface area contributed by atoms with Gasteiger partial charge in [-0.25, -0.2) is 0 Å². The molecule has 3 aliphatic rings. The van der Waals surface area contributed by atoms with E-state index < -0.39 is 0 Å². The Hall–Kier alpha value is -5.65. The molecule has 1 N–H and O–H groups in total. The molecule has 1 aliphatic heterocycles. The van der Waals surface area contributed by atoms with Crippen molar-refractivity contribution in [2.24, 2.45) is 16.8 Å². The maximum Gasteiger partial charge on any atom is 0.126 e. The van der Waals surface area contributed by atoms with E-state index in [9.17, 15) is 0 Å². The number of fused-ring (bicyclic) bond motifs is 6. The van der Waals surface area contributed by atoms with Gasteiger partial charge in [-0.1, -0.05) is 158 Å². The van der Waals surface area contributed by atoms with Crippen molar-refractivity contribution >= 4 is 70.3 Å². The van der Waals surface area contributed by atoms with Crippen molar-refractivity contribution in [2.75, 3.05) is 0 Å². The van der Waals surface area contributed by atoms with Gasteiger partial charge in [0.1, 0.15) is 6.17 Å². The lowest BCUT2D eigenvalue weighted by Gasteiger charge is -2.38. The molecule has 0 saturated heterocycles. The third-order valence-corrected chi connectivity index (χ3v) is 14.8. The lowest BCUT2D eigenvalue weighted by atomic mass is 9.75. The summed E-state index contributed by atoms with van der Waals surface area (Å²) in [7, 11) is 0. The Labute approximate surface area is 342 Å². The molecule has 0 fully saturated rings. The highest BCUT2D eigenvalue weighted by Gasteiger charge is 2.35. The molecule has 0 radical (unpaired) electrons. The summed E-state index contributed by atoms with van der Waals surface area (Å²) in [4.78, 5) is 7.02. The summed E-state index contributed by atoms with van der Waals surface area (Å²) in [5, 5.41) is 8.21. The summed E-state index contributed by atoms with van der Waals surface area (Å²) in [6.07, 6.45) is 10.7. The van der Waals surface area contributed by atoms with Crippen molar-refractivity contribution in [3.63, 3.8) is 0 Å². The highest BCUT2D eigenvalue weighted by molar-refractivity contribution is 7.25. The van der Waals surface area contributed by atoms with E-state index in [0.29, 0.717) is 5.92 Å². The first-order chi connectivity index (χ1) is 28.1. The van der Waals surface area contributed by atoms with Gasteiger partial charge in [-0.05, 0) is 93.4 Å². The minimum atomic E-state index is -0.175. The molecule has 2 nitrogen and oxygen atoms in total. The number of nitrogens with one attached hydrogen (secondary N) is 1. The van der Waals surface area contributed by atoms with Crippen LogP contribution in [-0.4, -0.2) is 11.8 Å². The first-order valence-corrected chi connectivity index (χ1v) is 21.9. The minimum Gasteiger partial charge on any atom is -0.284 e. The first kappa shape index (κ1) is 34.6. The second kappa shape index (κ2) is 14.4. The largest absolute Gasteiger partial charge is 0.284 e. The highest BCUT2D eigenvalue weighted by Crippen LogP contribution is 2.45. The number of aliphatic imine (C=N–C) groups is 1. The van der Waals surface area contributed by atoms with Crippen molar-refractivity contribution in [3.05, 3.63) is 202 Å². The van der Waals surface area contributed by atoms with Crippen molar-refractivity contribution in [2.45, 2.75) is 38.4 Å². The van der Waals surface area contributed by atoms with Crippen molar-refractivity contribution in [1.82, 2.24) is 5.32 Å². The molecule has 0 bridgehead atoms. The zero-order valence-corrected chi connectivity index (χ0v) is 33.5. The maximum absolute atomic E-state index is 5.49. The van der Waals surface area contributed by atoms with Crippen LogP contribution in [0.25, 0.3) is 53.0 Å². The van der Waals surface area contributed by atoms with Crippen LogP contribution in [-0.2, 0) is 6.42 Å². The molecule has 0 spiro atoms. The monoisotopic (exact) mass is 770 g/mol. The topological polar surface area (TPSA) is 24.4 Å². The van der Waals surface area contributed by atoms with Crippen LogP contribution in [0.2, 0.25) is 0 Å². The predicted octanol–water partition coefficient (Wildman–Crippen LogP) is 14.1. The Bertz CT molecular complexity index is 2920. The SMILES string of the molecule is CC1C(c2ccccc2)=NC(c2ccc(-c3ccccc3)cc2)N[C@H]1C1=CC(C2=Cc3c(sc4ccccc34)CC2)CC(c2ccc3sc4ccccc4c3c2)=C1. The Kier molecular flexibility index (Phi) is 8.72. The molecule has 4 heteroatoms. The molecule has 57 heavy (non-hydrogen) atoms. The van der Waals surface area contributed by atoms with Gasteiger partial charge in [0.2, 0.25) is 0 Å². The molecule has 8 aromatic rings. The number of hydrogen-bond acceptors (Lipinski definition) is 4. The second-order valence-corrected chi connectivity index (χ2v) is 18.0. The maximum atomic E-state index is 5.49. The number of allylic oxidation sites excluding steroid dienone is 3. The van der Waals surface area contributed by atoms with Crippen LogP contribution < -0.4 is 5.32 Å². The van der Waals surface area contributed by atoms with E-state index in [0.717, 1.165) is 25.0 Å². The van der Waals surface area contributed by atoms with Crippen molar-refractivity contribution in [1.29, 1.82) is 0 Å². The molecular weight excluding hydrogens is 729 g/mol. The van der Waals surface area contributed by atoms with E-state index in [2.05, 4.69) is 182 Å². The molecule has 0 saturated carbocycles. The molecule has 2 aromatic heterocycles. The Morgan fingerprint density at radius 3 is 2.02 bits per heavy atom. The Balaban J connectivity index is 1.03. The Morgan fingerprint density at radius 1 is 0.579 bits per heavy atom. The van der Waals surface area contributed by atoms with Crippen LogP contribution in [0.15, 0.2) is 180 Å². The Morgan fingerprint density at radius 2 is 1.23 bits per heavy atom. The number of nitrogens with zero attached hydrogens (tertiary/aromatic N) is 1. The van der Waals surface area contributed by atoms with E-state index in [1.165, 1.54) is 79.7 Å². The summed E-state index contributed by atoms with van der Waals surface area (Å²) in [6.45, 7) is 2.36. The fraction of sp³-hybridized carbons (Fsp3) is 0.151. The predicted molar refractivity (Wildman–Crippen MR) is 245 cm³/mol. The third kappa shape index (κ3) is 6.33. The molecule has 6 aromatic carbocycles. The average Bonchev–Trinajstić information content (AvgIpc) is 3.85. The van der Waals surface area contributed by atoms with Gasteiger partial charge in [-0.3, -0.25) is 10.3 Å². The quantitative estimate of drug-likeness (QED) is 0.179. The summed E-state index contributed by atoms with van der Waals surface area (Å²) in [5.41, 5.74) is 13.1. The van der Waals surface area contributed by atoms with Gasteiger partial charge in [0.25, 0.3) is 0 Å². The summed E-state index contributed by atoms with van der Waals surface area (Å²) < 4.78 is 4.10. The first-order valence-electron chi connectivity index (χ1n) is 20.2. The van der Waals surface area contributed by atoms with Gasteiger partial charge in [0, 0.05) is 53.3 Å². The van der Waals surface area contributed by atoms with E-state index in [1.807, 2.05) is 22.7 Å². The highest BCUT2D eigenvalue weighted by atomic mass is 32.1. The van der Waals surface area contributed by atoms with Crippen LogP contribution >= 0.6 is 22.7 Å². The second-order valence-electron chi connectivity index (χ2n) is 15.8. The van der Waals surface area contributed by atoms with Gasteiger partial charge in [-0.15, -0.1) is 22.7 Å². The number of aryl methyl sites for hydroxylation is 1. The van der Waals surface area contributed by atoms with Crippen molar-refractivity contribution < 1.29 is 0 Å². The molecule has 0 amide bonds. The van der Waals surface area contributed by atoms with Crippen LogP contribution in [0.5, 0.6) is 0 Å².